The molecule has 1 aliphatic rings. The van der Waals surface area contributed by atoms with E-state index in [1.807, 2.05) is 32.4 Å². The van der Waals surface area contributed by atoms with Gasteiger partial charge in [0, 0.05) is 24.9 Å². The lowest BCUT2D eigenvalue weighted by Gasteiger charge is -2.22. The van der Waals surface area contributed by atoms with E-state index in [9.17, 15) is 13.2 Å². The summed E-state index contributed by atoms with van der Waals surface area (Å²) >= 11 is 0. The van der Waals surface area contributed by atoms with Gasteiger partial charge in [0.1, 0.15) is 0 Å². The van der Waals surface area contributed by atoms with Gasteiger partial charge in [0.15, 0.2) is 4.91 Å². The Morgan fingerprint density at radius 2 is 1.83 bits per heavy atom. The van der Waals surface area contributed by atoms with Crippen molar-refractivity contribution in [3.8, 4) is 0 Å². The Morgan fingerprint density at radius 1 is 1.23 bits per heavy atom. The smallest absolute Gasteiger partial charge is 0.333 e. The van der Waals surface area contributed by atoms with Crippen molar-refractivity contribution < 1.29 is 17.9 Å². The summed E-state index contributed by atoms with van der Waals surface area (Å²) < 4.78 is 32.8. The lowest BCUT2D eigenvalue weighted by molar-refractivity contribution is 0.256. The van der Waals surface area contributed by atoms with Crippen LogP contribution >= 0.6 is 0 Å². The van der Waals surface area contributed by atoms with Crippen molar-refractivity contribution in [3.05, 3.63) is 39.9 Å². The Labute approximate surface area is 179 Å². The molecule has 2 amide bonds. The number of sulfonamides is 1. The molecule has 166 valence electrons. The number of benzene rings is 1. The molecule has 0 aliphatic carbocycles. The zero-order chi connectivity index (χ0) is 22.5. The van der Waals surface area contributed by atoms with E-state index in [4.69, 9.17) is 10.5 Å². The van der Waals surface area contributed by atoms with E-state index in [-0.39, 0.29) is 22.6 Å². The van der Waals surface area contributed by atoms with Gasteiger partial charge in [-0.15, -0.1) is 0 Å². The number of hydrogen-bond donors (Lipinski definition) is 3. The number of carbonyl (C=O) groups excluding carboxylic acids is 1. The van der Waals surface area contributed by atoms with Crippen molar-refractivity contribution >= 4 is 27.6 Å². The molecular weight excluding hydrogens is 404 g/mol. The number of amides is 2. The highest BCUT2D eigenvalue weighted by Crippen LogP contribution is 2.34. The number of ether oxygens (including phenoxy) is 1. The molecule has 2 rings (SSSR count). The van der Waals surface area contributed by atoms with Crippen molar-refractivity contribution in [2.24, 2.45) is 10.7 Å². The molecule has 0 saturated heterocycles. The van der Waals surface area contributed by atoms with Crippen LogP contribution in [-0.2, 0) is 21.2 Å². The molecule has 0 radical (unpaired) electrons. The molecule has 0 atom stereocenters. The van der Waals surface area contributed by atoms with Gasteiger partial charge in [0.2, 0.25) is 5.90 Å². The largest absolute Gasteiger partial charge is 0.477 e. The van der Waals surface area contributed by atoms with Crippen LogP contribution in [0.4, 0.5) is 10.5 Å². The number of aryl methyl sites for hydroxylation is 1. The third kappa shape index (κ3) is 5.53. The van der Waals surface area contributed by atoms with E-state index in [2.05, 4.69) is 29.4 Å². The van der Waals surface area contributed by atoms with E-state index >= 15 is 0 Å². The van der Waals surface area contributed by atoms with Crippen LogP contribution in [-0.4, -0.2) is 33.5 Å². The quantitative estimate of drug-likeness (QED) is 0.603. The maximum absolute atomic E-state index is 12.7. The minimum Gasteiger partial charge on any atom is -0.477 e. The number of nitrogens with one attached hydrogen (secondary N) is 2. The van der Waals surface area contributed by atoms with Gasteiger partial charge >= 0.3 is 6.03 Å². The fourth-order valence-electron chi connectivity index (χ4n) is 3.21. The highest BCUT2D eigenvalue weighted by atomic mass is 32.2. The summed E-state index contributed by atoms with van der Waals surface area (Å²) in [7, 11) is -4.25. The van der Waals surface area contributed by atoms with Gasteiger partial charge in [-0.1, -0.05) is 46.8 Å². The minimum absolute atomic E-state index is 0.0814. The monoisotopic (exact) mass is 436 g/mol. The summed E-state index contributed by atoms with van der Waals surface area (Å²) in [6.45, 7) is 11.0. The topological polar surface area (TPSA) is 123 Å². The first-order chi connectivity index (χ1) is 14.1. The summed E-state index contributed by atoms with van der Waals surface area (Å²) in [5, 5.41) is 2.75. The maximum Gasteiger partial charge on any atom is 0.333 e. The van der Waals surface area contributed by atoms with E-state index in [0.717, 1.165) is 23.7 Å². The molecule has 30 heavy (non-hydrogen) atoms. The van der Waals surface area contributed by atoms with Crippen LogP contribution in [0.3, 0.4) is 0 Å². The Kier molecular flexibility index (Phi) is 7.89. The van der Waals surface area contributed by atoms with Gasteiger partial charge in [-0.05, 0) is 34.9 Å². The fourth-order valence-corrected chi connectivity index (χ4v) is 4.15. The number of hydrogen-bond acceptors (Lipinski definition) is 6. The number of anilines is 1. The van der Waals surface area contributed by atoms with Crippen molar-refractivity contribution in [2.75, 3.05) is 18.5 Å². The molecule has 0 spiro atoms. The first kappa shape index (κ1) is 23.7. The predicted molar refractivity (Wildman–Crippen MR) is 120 cm³/mol. The first-order valence-electron chi connectivity index (χ1n) is 10.2. The molecule has 1 aliphatic heterocycles. The second kappa shape index (κ2) is 9.97. The van der Waals surface area contributed by atoms with Gasteiger partial charge < -0.3 is 15.8 Å². The summed E-state index contributed by atoms with van der Waals surface area (Å²) in [4.78, 5) is 16.4. The van der Waals surface area contributed by atoms with Gasteiger partial charge in [-0.25, -0.2) is 17.9 Å². The van der Waals surface area contributed by atoms with E-state index in [1.54, 1.807) is 0 Å². The van der Waals surface area contributed by atoms with Gasteiger partial charge in [0.25, 0.3) is 10.0 Å². The van der Waals surface area contributed by atoms with E-state index in [0.29, 0.717) is 25.3 Å². The summed E-state index contributed by atoms with van der Waals surface area (Å²) in [6, 6.07) is 3.24. The van der Waals surface area contributed by atoms with Crippen LogP contribution in [0.2, 0.25) is 0 Å². The molecule has 9 heteroatoms. The average molecular weight is 437 g/mol. The highest BCUT2D eigenvalue weighted by Gasteiger charge is 2.28. The lowest BCUT2D eigenvalue weighted by Crippen LogP contribution is -2.38. The second-order valence-corrected chi connectivity index (χ2v) is 9.44. The summed E-state index contributed by atoms with van der Waals surface area (Å²) in [5.74, 6) is 0.206. The van der Waals surface area contributed by atoms with Crippen molar-refractivity contribution in [1.29, 1.82) is 0 Å². The van der Waals surface area contributed by atoms with Crippen molar-refractivity contribution in [3.63, 3.8) is 0 Å². The van der Waals surface area contributed by atoms with Crippen LogP contribution < -0.4 is 15.8 Å². The zero-order valence-electron chi connectivity index (χ0n) is 18.3. The van der Waals surface area contributed by atoms with Crippen LogP contribution in [0.5, 0.6) is 0 Å². The number of urea groups is 1. The van der Waals surface area contributed by atoms with Crippen LogP contribution in [0.15, 0.2) is 28.2 Å². The minimum atomic E-state index is -4.25. The fraction of sp³-hybridized carbons (Fsp3) is 0.524. The zero-order valence-corrected chi connectivity index (χ0v) is 19.1. The molecule has 1 heterocycles. The highest BCUT2D eigenvalue weighted by molar-refractivity contribution is 7.94. The first-order valence-corrected chi connectivity index (χ1v) is 11.7. The predicted octanol–water partition coefficient (Wildman–Crippen LogP) is 3.57. The van der Waals surface area contributed by atoms with Gasteiger partial charge in [-0.3, -0.25) is 4.99 Å². The third-order valence-corrected chi connectivity index (χ3v) is 6.17. The molecule has 0 unspecified atom stereocenters. The number of nitrogens with two attached hydrogens (primary N) is 1. The molecule has 0 saturated carbocycles. The summed E-state index contributed by atoms with van der Waals surface area (Å²) in [5.41, 5.74) is 9.22. The third-order valence-electron chi connectivity index (χ3n) is 4.83. The molecule has 0 fully saturated rings. The molecule has 1 aromatic carbocycles. The maximum atomic E-state index is 12.7. The van der Waals surface area contributed by atoms with E-state index < -0.39 is 16.1 Å². The molecule has 0 aromatic heterocycles. The molecule has 8 nitrogen and oxygen atoms in total. The number of nitrogens with zero attached hydrogens (tertiary/aromatic N) is 1. The second-order valence-electron chi connectivity index (χ2n) is 7.79. The van der Waals surface area contributed by atoms with Crippen molar-refractivity contribution in [1.82, 2.24) is 4.72 Å². The van der Waals surface area contributed by atoms with Crippen LogP contribution in [0, 0.1) is 0 Å². The van der Waals surface area contributed by atoms with Crippen LogP contribution in [0.25, 0.3) is 0 Å². The molecule has 1 aromatic rings. The number of carbonyl (C=O) groups is 1. The Hall–Kier alpha value is -2.55. The van der Waals surface area contributed by atoms with Gasteiger partial charge in [-0.2, -0.15) is 0 Å². The van der Waals surface area contributed by atoms with Crippen molar-refractivity contribution in [2.45, 2.75) is 59.3 Å². The number of aliphatic imine (C=N–C) groups is 1. The Balaban J connectivity index is 2.34. The van der Waals surface area contributed by atoms with Gasteiger partial charge in [0.05, 0.1) is 6.61 Å². The van der Waals surface area contributed by atoms with Crippen LogP contribution in [0.1, 0.15) is 69.6 Å². The molecule has 0 bridgehead atoms. The normalized spacial score (nSPS) is 15.0. The van der Waals surface area contributed by atoms with E-state index in [1.165, 1.54) is 5.56 Å². The lowest BCUT2D eigenvalue weighted by atomic mass is 9.89. The molecule has 4 N–H and O–H groups in total. The summed E-state index contributed by atoms with van der Waals surface area (Å²) in [6.07, 6.45) is 2.45. The SMILES string of the molecule is CCc1cc(C(C)C)c(NC(=O)NS(=O)(=O)C(=CN)C2=NCCCO2)c(C(C)C)c1. The molecular formula is C21H32N4O4S. The average Bonchev–Trinajstić information content (AvgIpc) is 2.68. The number of rotatable bonds is 7. The standard InChI is InChI=1S/C21H32N4O4S/c1-6-15-10-16(13(2)3)19(17(11-15)14(4)5)24-21(26)25-30(27,28)18(12-22)20-23-8-7-9-29-20/h10-14H,6-9,22H2,1-5H3,(H2,24,25,26). The Morgan fingerprint density at radius 3 is 2.27 bits per heavy atom. The Bertz CT molecular complexity index is 921.